The van der Waals surface area contributed by atoms with E-state index in [9.17, 15) is 9.59 Å². The molecule has 184 valence electrons. The Kier molecular flexibility index (Phi) is 8.67. The summed E-state index contributed by atoms with van der Waals surface area (Å²) in [6.07, 6.45) is 7.90. The Morgan fingerprint density at radius 1 is 1.12 bits per heavy atom. The molecule has 1 aliphatic carbocycles. The first kappa shape index (κ1) is 24.4. The molecule has 2 N–H and O–H groups in total. The van der Waals surface area contributed by atoms with Crippen LogP contribution in [0.4, 0.5) is 5.69 Å². The number of rotatable bonds is 10. The smallest absolute Gasteiger partial charge is 0.241 e. The molecule has 2 heterocycles. The van der Waals surface area contributed by atoms with Crippen LogP contribution in [0.2, 0.25) is 0 Å². The van der Waals surface area contributed by atoms with Crippen molar-refractivity contribution in [1.82, 2.24) is 25.0 Å². The highest BCUT2D eigenvalue weighted by Crippen LogP contribution is 2.33. The average molecular weight is 487 g/mol. The van der Waals surface area contributed by atoms with E-state index >= 15 is 0 Å². The molecule has 9 nitrogen and oxygen atoms in total. The molecule has 2 amide bonds. The van der Waals surface area contributed by atoms with Gasteiger partial charge in [0.15, 0.2) is 11.0 Å². The van der Waals surface area contributed by atoms with Crippen LogP contribution < -0.4 is 15.4 Å². The minimum absolute atomic E-state index is 0.00729. The Bertz CT molecular complexity index is 969. The number of anilines is 1. The van der Waals surface area contributed by atoms with E-state index in [-0.39, 0.29) is 24.1 Å². The van der Waals surface area contributed by atoms with Crippen LogP contribution in [0.5, 0.6) is 5.75 Å². The van der Waals surface area contributed by atoms with E-state index in [0.717, 1.165) is 61.2 Å². The van der Waals surface area contributed by atoms with Gasteiger partial charge in [-0.3, -0.25) is 9.59 Å². The number of nitrogens with one attached hydrogen (secondary N) is 2. The number of thioether (sulfide) groups is 1. The summed E-state index contributed by atoms with van der Waals surface area (Å²) < 4.78 is 7.52. The summed E-state index contributed by atoms with van der Waals surface area (Å²) >= 11 is 1.39. The van der Waals surface area contributed by atoms with Crippen molar-refractivity contribution in [2.45, 2.75) is 62.7 Å². The summed E-state index contributed by atoms with van der Waals surface area (Å²) in [4.78, 5) is 26.4. The van der Waals surface area contributed by atoms with E-state index in [1.807, 2.05) is 29.2 Å². The second-order valence-electron chi connectivity index (χ2n) is 8.80. The topological polar surface area (TPSA) is 101 Å². The lowest BCUT2D eigenvalue weighted by molar-refractivity contribution is -0.131. The molecule has 2 fully saturated rings. The Labute approximate surface area is 205 Å². The largest absolute Gasteiger partial charge is 0.497 e. The number of carbonyl (C=O) groups is 2. The number of aromatic nitrogens is 3. The van der Waals surface area contributed by atoms with Crippen LogP contribution in [0.15, 0.2) is 29.4 Å². The van der Waals surface area contributed by atoms with E-state index < -0.39 is 0 Å². The van der Waals surface area contributed by atoms with Gasteiger partial charge in [0.1, 0.15) is 5.75 Å². The summed E-state index contributed by atoms with van der Waals surface area (Å²) in [6, 6.07) is 8.14. The van der Waals surface area contributed by atoms with Gasteiger partial charge in [-0.1, -0.05) is 37.1 Å². The summed E-state index contributed by atoms with van der Waals surface area (Å²) in [5.74, 6) is 1.70. The predicted octanol–water partition coefficient (Wildman–Crippen LogP) is 3.23. The van der Waals surface area contributed by atoms with Crippen LogP contribution in [0, 0.1) is 0 Å². The SMILES string of the molecule is COc1cccc(NCc2nnc(SCC(=O)NCC(=O)N3CCCC3)n2C2CCCCC2)c1. The number of amides is 2. The van der Waals surface area contributed by atoms with Crippen molar-refractivity contribution in [1.29, 1.82) is 0 Å². The molecule has 34 heavy (non-hydrogen) atoms. The fourth-order valence-electron chi connectivity index (χ4n) is 4.58. The van der Waals surface area contributed by atoms with E-state index in [2.05, 4.69) is 25.4 Å². The second kappa shape index (κ2) is 12.1. The maximum absolute atomic E-state index is 12.4. The number of likely N-dealkylation sites (tertiary alicyclic amines) is 1. The van der Waals surface area contributed by atoms with Crippen molar-refractivity contribution in [3.05, 3.63) is 30.1 Å². The summed E-state index contributed by atoms with van der Waals surface area (Å²) in [5, 5.41) is 15.8. The first-order chi connectivity index (χ1) is 16.6. The monoisotopic (exact) mass is 486 g/mol. The molecule has 1 saturated carbocycles. The molecule has 4 rings (SSSR count). The zero-order valence-electron chi connectivity index (χ0n) is 19.8. The van der Waals surface area contributed by atoms with Gasteiger partial charge < -0.3 is 24.8 Å². The van der Waals surface area contributed by atoms with E-state index in [0.29, 0.717) is 12.6 Å². The Hall–Kier alpha value is -2.75. The van der Waals surface area contributed by atoms with Crippen LogP contribution >= 0.6 is 11.8 Å². The standard InChI is InChI=1S/C24H34N6O3S/c1-33-20-11-7-8-18(14-20)25-15-21-27-28-24(30(21)19-9-3-2-4-10-19)34-17-22(31)26-16-23(32)29-12-5-6-13-29/h7-8,11,14,19,25H,2-6,9-10,12-13,15-17H2,1H3,(H,26,31). The minimum Gasteiger partial charge on any atom is -0.497 e. The number of hydrogen-bond acceptors (Lipinski definition) is 7. The average Bonchev–Trinajstić information content (AvgIpc) is 3.56. The molecule has 2 aromatic rings. The van der Waals surface area contributed by atoms with Gasteiger partial charge >= 0.3 is 0 Å². The Morgan fingerprint density at radius 3 is 2.68 bits per heavy atom. The van der Waals surface area contributed by atoms with Crippen molar-refractivity contribution in [2.24, 2.45) is 0 Å². The van der Waals surface area contributed by atoms with Gasteiger partial charge in [0, 0.05) is 30.9 Å². The second-order valence-corrected chi connectivity index (χ2v) is 9.74. The van der Waals surface area contributed by atoms with Crippen molar-refractivity contribution in [2.75, 3.05) is 37.8 Å². The normalized spacial score (nSPS) is 16.4. The fourth-order valence-corrected chi connectivity index (χ4v) is 5.43. The number of methoxy groups -OCH3 is 1. The lowest BCUT2D eigenvalue weighted by atomic mass is 9.95. The first-order valence-electron chi connectivity index (χ1n) is 12.1. The van der Waals surface area contributed by atoms with Gasteiger partial charge in [-0.05, 0) is 37.8 Å². The molecule has 0 unspecified atom stereocenters. The molecular formula is C24H34N6O3S. The summed E-state index contributed by atoms with van der Waals surface area (Å²) in [5.41, 5.74) is 0.953. The molecule has 1 aromatic heterocycles. The van der Waals surface area contributed by atoms with Crippen molar-refractivity contribution >= 4 is 29.3 Å². The molecule has 0 radical (unpaired) electrons. The molecule has 10 heteroatoms. The van der Waals surface area contributed by atoms with Crippen molar-refractivity contribution < 1.29 is 14.3 Å². The summed E-state index contributed by atoms with van der Waals surface area (Å²) in [7, 11) is 1.65. The third-order valence-corrected chi connectivity index (χ3v) is 7.37. The third-order valence-electron chi connectivity index (χ3n) is 6.42. The highest BCUT2D eigenvalue weighted by molar-refractivity contribution is 7.99. The van der Waals surface area contributed by atoms with E-state index in [1.165, 1.54) is 31.0 Å². The Morgan fingerprint density at radius 2 is 1.91 bits per heavy atom. The molecule has 0 bridgehead atoms. The minimum atomic E-state index is -0.160. The fraction of sp³-hybridized carbons (Fsp3) is 0.583. The molecule has 2 aliphatic rings. The van der Waals surface area contributed by atoms with Gasteiger partial charge in [-0.2, -0.15) is 0 Å². The number of carbonyl (C=O) groups excluding carboxylic acids is 2. The lowest BCUT2D eigenvalue weighted by Gasteiger charge is -2.25. The van der Waals surface area contributed by atoms with Gasteiger partial charge in [-0.15, -0.1) is 10.2 Å². The van der Waals surface area contributed by atoms with E-state index in [4.69, 9.17) is 4.74 Å². The van der Waals surface area contributed by atoms with Gasteiger partial charge in [0.25, 0.3) is 0 Å². The number of hydrogen-bond donors (Lipinski definition) is 2. The van der Waals surface area contributed by atoms with Crippen LogP contribution in [0.3, 0.4) is 0 Å². The number of ether oxygens (including phenoxy) is 1. The predicted molar refractivity (Wildman–Crippen MR) is 132 cm³/mol. The lowest BCUT2D eigenvalue weighted by Crippen LogP contribution is -2.39. The molecule has 0 spiro atoms. The van der Waals surface area contributed by atoms with Crippen LogP contribution in [0.25, 0.3) is 0 Å². The van der Waals surface area contributed by atoms with Gasteiger partial charge in [0.05, 0.1) is 26.0 Å². The number of nitrogens with zero attached hydrogens (tertiary/aromatic N) is 4. The molecular weight excluding hydrogens is 452 g/mol. The Balaban J connectivity index is 1.37. The van der Waals surface area contributed by atoms with Gasteiger partial charge in [-0.25, -0.2) is 0 Å². The van der Waals surface area contributed by atoms with Crippen molar-refractivity contribution in [3.8, 4) is 5.75 Å². The maximum atomic E-state index is 12.4. The van der Waals surface area contributed by atoms with Crippen LogP contribution in [-0.2, 0) is 16.1 Å². The maximum Gasteiger partial charge on any atom is 0.241 e. The zero-order valence-corrected chi connectivity index (χ0v) is 20.6. The summed E-state index contributed by atoms with van der Waals surface area (Å²) in [6.45, 7) is 2.18. The third kappa shape index (κ3) is 6.43. The molecule has 0 atom stereocenters. The highest BCUT2D eigenvalue weighted by atomic mass is 32.2. The van der Waals surface area contributed by atoms with Gasteiger partial charge in [0.2, 0.25) is 11.8 Å². The highest BCUT2D eigenvalue weighted by Gasteiger charge is 2.24. The first-order valence-corrected chi connectivity index (χ1v) is 13.1. The van der Waals surface area contributed by atoms with Crippen molar-refractivity contribution in [3.63, 3.8) is 0 Å². The molecule has 1 aliphatic heterocycles. The number of benzene rings is 1. The van der Waals surface area contributed by atoms with Crippen LogP contribution in [0.1, 0.15) is 56.8 Å². The van der Waals surface area contributed by atoms with Crippen LogP contribution in [-0.4, -0.2) is 64.0 Å². The molecule has 1 aromatic carbocycles. The zero-order chi connectivity index (χ0) is 23.8. The molecule has 1 saturated heterocycles. The quantitative estimate of drug-likeness (QED) is 0.497. The van der Waals surface area contributed by atoms with E-state index in [1.54, 1.807) is 7.11 Å².